The minimum absolute atomic E-state index is 0.00850. The van der Waals surface area contributed by atoms with Gasteiger partial charge in [-0.25, -0.2) is 0 Å². The Morgan fingerprint density at radius 2 is 2.00 bits per heavy atom. The van der Waals surface area contributed by atoms with E-state index in [9.17, 15) is 9.59 Å². The second-order valence-electron chi connectivity index (χ2n) is 4.19. The van der Waals surface area contributed by atoms with Crippen LogP contribution in [0.4, 0.5) is 5.69 Å². The van der Waals surface area contributed by atoms with Crippen molar-refractivity contribution in [2.75, 3.05) is 25.0 Å². The molecule has 1 aromatic carbocycles. The second-order valence-corrected chi connectivity index (χ2v) is 4.19. The smallest absolute Gasteiger partial charge is 0.244 e. The second kappa shape index (κ2) is 7.99. The molecule has 5 nitrogen and oxygen atoms in total. The molecular formula is C15H20N2O3. The zero-order valence-electron chi connectivity index (χ0n) is 11.9. The van der Waals surface area contributed by atoms with Crippen LogP contribution in [-0.2, 0) is 9.59 Å². The van der Waals surface area contributed by atoms with Crippen molar-refractivity contribution in [3.63, 3.8) is 0 Å². The number of carbonyl (C=O) groups is 2. The largest absolute Gasteiger partial charge is 0.494 e. The standard InChI is InChI=1S/C15H20N2O3/c1-4-10-17(12(3)18)11-15(19)16-13-6-8-14(9-7-13)20-5-2/h4,6-9H,1,5,10-11H2,2-3H3,(H,16,19). The lowest BCUT2D eigenvalue weighted by atomic mass is 10.3. The molecule has 0 saturated heterocycles. The van der Waals surface area contributed by atoms with E-state index in [0.717, 1.165) is 5.75 Å². The molecule has 5 heteroatoms. The van der Waals surface area contributed by atoms with Crippen molar-refractivity contribution in [2.24, 2.45) is 0 Å². The fourth-order valence-electron chi connectivity index (χ4n) is 1.64. The first-order valence-electron chi connectivity index (χ1n) is 6.46. The first kappa shape index (κ1) is 15.8. The summed E-state index contributed by atoms with van der Waals surface area (Å²) < 4.78 is 5.32. The van der Waals surface area contributed by atoms with E-state index in [0.29, 0.717) is 18.8 Å². The molecule has 1 aromatic rings. The number of ether oxygens (including phenoxy) is 1. The molecule has 0 saturated carbocycles. The number of nitrogens with one attached hydrogen (secondary N) is 1. The third kappa shape index (κ3) is 5.14. The molecule has 0 atom stereocenters. The highest BCUT2D eigenvalue weighted by atomic mass is 16.5. The number of hydrogen-bond donors (Lipinski definition) is 1. The fraction of sp³-hybridized carbons (Fsp3) is 0.333. The average molecular weight is 276 g/mol. The minimum Gasteiger partial charge on any atom is -0.494 e. The molecule has 0 unspecified atom stereocenters. The molecule has 2 amide bonds. The summed E-state index contributed by atoms with van der Waals surface area (Å²) >= 11 is 0. The number of nitrogens with zero attached hydrogens (tertiary/aromatic N) is 1. The van der Waals surface area contributed by atoms with E-state index in [-0.39, 0.29) is 18.4 Å². The lowest BCUT2D eigenvalue weighted by Gasteiger charge is -2.18. The summed E-state index contributed by atoms with van der Waals surface area (Å²) in [7, 11) is 0. The molecule has 0 spiro atoms. The summed E-state index contributed by atoms with van der Waals surface area (Å²) in [5.41, 5.74) is 0.667. The van der Waals surface area contributed by atoms with Crippen LogP contribution in [0.1, 0.15) is 13.8 Å². The maximum atomic E-state index is 11.8. The first-order chi connectivity index (χ1) is 9.56. The number of amides is 2. The van der Waals surface area contributed by atoms with Crippen LogP contribution in [0, 0.1) is 0 Å². The molecular weight excluding hydrogens is 256 g/mol. The Bertz CT molecular complexity index is 469. The van der Waals surface area contributed by atoms with Crippen molar-refractivity contribution in [3.8, 4) is 5.75 Å². The molecule has 0 fully saturated rings. The van der Waals surface area contributed by atoms with Gasteiger partial charge in [0, 0.05) is 19.2 Å². The van der Waals surface area contributed by atoms with E-state index < -0.39 is 0 Å². The Balaban J connectivity index is 2.56. The molecule has 1 N–H and O–H groups in total. The lowest BCUT2D eigenvalue weighted by molar-refractivity contribution is -0.132. The SMILES string of the molecule is C=CCN(CC(=O)Nc1ccc(OCC)cc1)C(C)=O. The normalized spacial score (nSPS) is 9.70. The van der Waals surface area contributed by atoms with E-state index in [2.05, 4.69) is 11.9 Å². The summed E-state index contributed by atoms with van der Waals surface area (Å²) in [6, 6.07) is 7.08. The summed E-state index contributed by atoms with van der Waals surface area (Å²) in [5.74, 6) is 0.348. The van der Waals surface area contributed by atoms with Gasteiger partial charge in [-0.1, -0.05) is 6.08 Å². The van der Waals surface area contributed by atoms with Crippen molar-refractivity contribution >= 4 is 17.5 Å². The van der Waals surface area contributed by atoms with Gasteiger partial charge < -0.3 is 15.0 Å². The quantitative estimate of drug-likeness (QED) is 0.775. The molecule has 108 valence electrons. The molecule has 1 rings (SSSR count). The maximum Gasteiger partial charge on any atom is 0.244 e. The number of anilines is 1. The van der Waals surface area contributed by atoms with Gasteiger partial charge in [-0.2, -0.15) is 0 Å². The molecule has 0 heterocycles. The molecule has 0 bridgehead atoms. The molecule has 0 radical (unpaired) electrons. The van der Waals surface area contributed by atoms with Gasteiger partial charge in [0.25, 0.3) is 0 Å². The highest BCUT2D eigenvalue weighted by molar-refractivity contribution is 5.94. The van der Waals surface area contributed by atoms with Gasteiger partial charge in [0.05, 0.1) is 6.61 Å². The van der Waals surface area contributed by atoms with Gasteiger partial charge >= 0.3 is 0 Å². The van der Waals surface area contributed by atoms with Crippen LogP contribution in [0.25, 0.3) is 0 Å². The number of benzene rings is 1. The Kier molecular flexibility index (Phi) is 6.29. The van der Waals surface area contributed by atoms with E-state index in [4.69, 9.17) is 4.74 Å². The fourth-order valence-corrected chi connectivity index (χ4v) is 1.64. The Hall–Kier alpha value is -2.30. The summed E-state index contributed by atoms with van der Waals surface area (Å²) in [5, 5.41) is 2.73. The summed E-state index contributed by atoms with van der Waals surface area (Å²) in [4.78, 5) is 24.6. The zero-order chi connectivity index (χ0) is 15.0. The van der Waals surface area contributed by atoms with Crippen molar-refractivity contribution in [2.45, 2.75) is 13.8 Å². The number of hydrogen-bond acceptors (Lipinski definition) is 3. The van der Waals surface area contributed by atoms with Crippen LogP contribution in [-0.4, -0.2) is 36.4 Å². The zero-order valence-corrected chi connectivity index (χ0v) is 11.9. The third-order valence-electron chi connectivity index (χ3n) is 2.58. The highest BCUT2D eigenvalue weighted by Gasteiger charge is 2.12. The maximum absolute atomic E-state index is 11.8. The van der Waals surface area contributed by atoms with Gasteiger partial charge in [-0.3, -0.25) is 9.59 Å². The van der Waals surface area contributed by atoms with Crippen LogP contribution >= 0.6 is 0 Å². The molecule has 0 aliphatic carbocycles. The summed E-state index contributed by atoms with van der Waals surface area (Å²) in [6.07, 6.45) is 1.59. The van der Waals surface area contributed by atoms with E-state index in [1.54, 1.807) is 30.3 Å². The predicted molar refractivity (Wildman–Crippen MR) is 78.7 cm³/mol. The number of carbonyl (C=O) groups excluding carboxylic acids is 2. The van der Waals surface area contributed by atoms with Crippen LogP contribution in [0.5, 0.6) is 5.75 Å². The van der Waals surface area contributed by atoms with Gasteiger partial charge in [-0.15, -0.1) is 6.58 Å². The van der Waals surface area contributed by atoms with Gasteiger partial charge in [0.1, 0.15) is 12.3 Å². The van der Waals surface area contributed by atoms with Crippen LogP contribution in [0.3, 0.4) is 0 Å². The predicted octanol–water partition coefficient (Wildman–Crippen LogP) is 2.06. The monoisotopic (exact) mass is 276 g/mol. The average Bonchev–Trinajstić information content (AvgIpc) is 2.40. The van der Waals surface area contributed by atoms with Gasteiger partial charge in [0.15, 0.2) is 0 Å². The van der Waals surface area contributed by atoms with E-state index >= 15 is 0 Å². The van der Waals surface area contributed by atoms with Crippen molar-refractivity contribution in [3.05, 3.63) is 36.9 Å². The van der Waals surface area contributed by atoms with Crippen molar-refractivity contribution in [1.82, 2.24) is 4.90 Å². The Morgan fingerprint density at radius 3 is 2.50 bits per heavy atom. The van der Waals surface area contributed by atoms with E-state index in [1.807, 2.05) is 6.92 Å². The van der Waals surface area contributed by atoms with Crippen LogP contribution < -0.4 is 10.1 Å². The number of rotatable bonds is 7. The molecule has 0 aromatic heterocycles. The van der Waals surface area contributed by atoms with E-state index in [1.165, 1.54) is 11.8 Å². The van der Waals surface area contributed by atoms with Crippen LogP contribution in [0.15, 0.2) is 36.9 Å². The van der Waals surface area contributed by atoms with Crippen molar-refractivity contribution < 1.29 is 14.3 Å². The van der Waals surface area contributed by atoms with Gasteiger partial charge in [0.2, 0.25) is 11.8 Å². The molecule has 20 heavy (non-hydrogen) atoms. The first-order valence-corrected chi connectivity index (χ1v) is 6.46. The highest BCUT2D eigenvalue weighted by Crippen LogP contribution is 2.15. The molecule has 0 aliphatic heterocycles. The summed E-state index contributed by atoms with van der Waals surface area (Å²) in [6.45, 7) is 7.85. The third-order valence-corrected chi connectivity index (χ3v) is 2.58. The topological polar surface area (TPSA) is 58.6 Å². The van der Waals surface area contributed by atoms with Gasteiger partial charge in [-0.05, 0) is 31.2 Å². The van der Waals surface area contributed by atoms with Crippen LogP contribution in [0.2, 0.25) is 0 Å². The Morgan fingerprint density at radius 1 is 1.35 bits per heavy atom. The van der Waals surface area contributed by atoms with Crippen molar-refractivity contribution in [1.29, 1.82) is 0 Å². The minimum atomic E-state index is -0.244. The Labute approximate surface area is 119 Å². The lowest BCUT2D eigenvalue weighted by Crippen LogP contribution is -2.36. The molecule has 0 aliphatic rings.